The van der Waals surface area contributed by atoms with Crippen LogP contribution in [0.2, 0.25) is 0 Å². The third-order valence-corrected chi connectivity index (χ3v) is 10.9. The number of hydrogen-bond acceptors (Lipinski definition) is 1. The van der Waals surface area contributed by atoms with E-state index >= 15 is 0 Å². The van der Waals surface area contributed by atoms with E-state index in [0.717, 1.165) is 24.2 Å². The first-order chi connectivity index (χ1) is 14.6. The number of rotatable bonds is 6. The van der Waals surface area contributed by atoms with E-state index in [4.69, 9.17) is 0 Å². The Labute approximate surface area is 192 Å². The first kappa shape index (κ1) is 23.3. The SMILES string of the molecule is CC(C)CCC[C@@H](C)[C@H]1CC=C2C3=C(CC[C@@]21C)[C@@]1(C)CCC(C=O)C(C)(C)[C@@H]1CC3. The van der Waals surface area contributed by atoms with Crippen LogP contribution in [0.1, 0.15) is 113 Å². The fourth-order valence-corrected chi connectivity index (χ4v) is 8.91. The van der Waals surface area contributed by atoms with Crippen molar-refractivity contribution in [1.29, 1.82) is 0 Å². The molecule has 4 rings (SSSR count). The first-order valence-electron chi connectivity index (χ1n) is 13.4. The number of carbonyl (C=O) groups is 1. The molecule has 0 amide bonds. The van der Waals surface area contributed by atoms with Crippen LogP contribution in [0.5, 0.6) is 0 Å². The van der Waals surface area contributed by atoms with Gasteiger partial charge in [-0.15, -0.1) is 0 Å². The molecule has 6 atom stereocenters. The monoisotopic (exact) mass is 424 g/mol. The molecule has 0 saturated heterocycles. The summed E-state index contributed by atoms with van der Waals surface area (Å²) in [7, 11) is 0. The van der Waals surface area contributed by atoms with Gasteiger partial charge in [-0.25, -0.2) is 0 Å². The summed E-state index contributed by atoms with van der Waals surface area (Å²) in [6.07, 6.45) is 16.8. The van der Waals surface area contributed by atoms with Gasteiger partial charge in [-0.2, -0.15) is 0 Å². The minimum atomic E-state index is 0.131. The lowest BCUT2D eigenvalue weighted by molar-refractivity contribution is -0.122. The minimum absolute atomic E-state index is 0.131. The number of hydrogen-bond donors (Lipinski definition) is 0. The molecule has 4 aliphatic carbocycles. The Kier molecular flexibility index (Phi) is 6.15. The predicted octanol–water partition coefficient (Wildman–Crippen LogP) is 8.54. The van der Waals surface area contributed by atoms with Gasteiger partial charge in [0.25, 0.3) is 0 Å². The number of allylic oxidation sites excluding steroid dienone is 4. The van der Waals surface area contributed by atoms with Crippen LogP contribution >= 0.6 is 0 Å². The topological polar surface area (TPSA) is 17.1 Å². The molecule has 174 valence electrons. The molecule has 1 unspecified atom stereocenters. The third kappa shape index (κ3) is 3.61. The number of aldehydes is 1. The van der Waals surface area contributed by atoms with Gasteiger partial charge in [-0.05, 0) is 96.0 Å². The van der Waals surface area contributed by atoms with Crippen LogP contribution in [0.25, 0.3) is 0 Å². The molecule has 0 heterocycles. The van der Waals surface area contributed by atoms with E-state index in [0.29, 0.717) is 16.7 Å². The van der Waals surface area contributed by atoms with E-state index in [2.05, 4.69) is 54.5 Å². The molecule has 1 fully saturated rings. The van der Waals surface area contributed by atoms with Crippen molar-refractivity contribution >= 4 is 6.29 Å². The van der Waals surface area contributed by atoms with Gasteiger partial charge >= 0.3 is 0 Å². The Balaban J connectivity index is 1.58. The second-order valence-corrected chi connectivity index (χ2v) is 13.2. The molecule has 0 aromatic heterocycles. The van der Waals surface area contributed by atoms with Crippen molar-refractivity contribution in [1.82, 2.24) is 0 Å². The molecular weight excluding hydrogens is 376 g/mol. The average molecular weight is 425 g/mol. The Morgan fingerprint density at radius 1 is 1.00 bits per heavy atom. The number of carbonyl (C=O) groups excluding carboxylic acids is 1. The van der Waals surface area contributed by atoms with Crippen LogP contribution in [-0.2, 0) is 4.79 Å². The Morgan fingerprint density at radius 2 is 1.74 bits per heavy atom. The summed E-state index contributed by atoms with van der Waals surface area (Å²) in [5.41, 5.74) is 6.16. The molecule has 0 radical (unpaired) electrons. The van der Waals surface area contributed by atoms with Gasteiger partial charge < -0.3 is 4.79 Å². The summed E-state index contributed by atoms with van der Waals surface area (Å²) in [6.45, 7) is 17.2. The Hall–Kier alpha value is -0.850. The van der Waals surface area contributed by atoms with Gasteiger partial charge in [-0.3, -0.25) is 0 Å². The summed E-state index contributed by atoms with van der Waals surface area (Å²) >= 11 is 0. The largest absolute Gasteiger partial charge is 0.303 e. The van der Waals surface area contributed by atoms with Crippen LogP contribution in [0.15, 0.2) is 22.8 Å². The van der Waals surface area contributed by atoms with Gasteiger partial charge in [0, 0.05) is 5.92 Å². The zero-order valence-electron chi connectivity index (χ0n) is 21.5. The predicted molar refractivity (Wildman–Crippen MR) is 132 cm³/mol. The van der Waals surface area contributed by atoms with Crippen molar-refractivity contribution in [3.8, 4) is 0 Å². The van der Waals surface area contributed by atoms with Crippen LogP contribution < -0.4 is 0 Å². The molecule has 0 bridgehead atoms. The van der Waals surface area contributed by atoms with Crippen molar-refractivity contribution in [2.75, 3.05) is 0 Å². The van der Waals surface area contributed by atoms with Gasteiger partial charge in [0.15, 0.2) is 0 Å². The van der Waals surface area contributed by atoms with E-state index in [9.17, 15) is 4.79 Å². The van der Waals surface area contributed by atoms with Crippen molar-refractivity contribution < 1.29 is 4.79 Å². The Bertz CT molecular complexity index is 767. The summed E-state index contributed by atoms with van der Waals surface area (Å²) < 4.78 is 0. The molecule has 31 heavy (non-hydrogen) atoms. The third-order valence-electron chi connectivity index (χ3n) is 10.9. The highest BCUT2D eigenvalue weighted by Gasteiger charge is 2.57. The molecule has 0 spiro atoms. The zero-order chi connectivity index (χ0) is 22.6. The standard InChI is InChI=1S/C30H48O/c1-20(2)9-8-10-21(3)24-12-13-25-23-11-14-27-28(4,5)22(19-31)15-17-30(27,7)26(23)16-18-29(24,25)6/h13,19-22,24,27H,8-12,14-18H2,1-7H3/t21-,22?,24-,27+,29-,30-/m1/s1. The molecule has 0 N–H and O–H groups in total. The van der Waals surface area contributed by atoms with E-state index in [-0.39, 0.29) is 11.3 Å². The van der Waals surface area contributed by atoms with Crippen molar-refractivity contribution in [3.63, 3.8) is 0 Å². The zero-order valence-corrected chi connectivity index (χ0v) is 21.5. The van der Waals surface area contributed by atoms with Crippen LogP contribution in [0.4, 0.5) is 0 Å². The highest BCUT2D eigenvalue weighted by Crippen LogP contribution is 2.67. The van der Waals surface area contributed by atoms with E-state index < -0.39 is 0 Å². The molecule has 0 aromatic carbocycles. The van der Waals surface area contributed by atoms with Gasteiger partial charge in [-0.1, -0.05) is 79.4 Å². The maximum absolute atomic E-state index is 11.8. The summed E-state index contributed by atoms with van der Waals surface area (Å²) in [4.78, 5) is 11.8. The molecular formula is C30H48O. The minimum Gasteiger partial charge on any atom is -0.303 e. The van der Waals surface area contributed by atoms with Crippen molar-refractivity contribution in [2.45, 2.75) is 113 Å². The second kappa shape index (κ2) is 8.18. The van der Waals surface area contributed by atoms with Gasteiger partial charge in [0.2, 0.25) is 0 Å². The van der Waals surface area contributed by atoms with Crippen molar-refractivity contribution in [2.24, 2.45) is 45.8 Å². The van der Waals surface area contributed by atoms with E-state index in [1.165, 1.54) is 64.1 Å². The van der Waals surface area contributed by atoms with Gasteiger partial charge in [0.1, 0.15) is 6.29 Å². The maximum Gasteiger partial charge on any atom is 0.123 e. The van der Waals surface area contributed by atoms with Crippen LogP contribution in [-0.4, -0.2) is 6.29 Å². The smallest absolute Gasteiger partial charge is 0.123 e. The fraction of sp³-hybridized carbons (Fsp3) is 0.833. The van der Waals surface area contributed by atoms with Gasteiger partial charge in [0.05, 0.1) is 0 Å². The molecule has 4 aliphatic rings. The van der Waals surface area contributed by atoms with Crippen molar-refractivity contribution in [3.05, 3.63) is 22.8 Å². The lowest BCUT2D eigenvalue weighted by Gasteiger charge is -2.59. The quantitative estimate of drug-likeness (QED) is 0.390. The molecule has 1 heteroatoms. The first-order valence-corrected chi connectivity index (χ1v) is 13.4. The summed E-state index contributed by atoms with van der Waals surface area (Å²) in [5, 5.41) is 0. The fourth-order valence-electron chi connectivity index (χ4n) is 8.91. The summed E-state index contributed by atoms with van der Waals surface area (Å²) in [6, 6.07) is 0. The highest BCUT2D eigenvalue weighted by atomic mass is 16.1. The number of fused-ring (bicyclic) bond motifs is 4. The van der Waals surface area contributed by atoms with E-state index in [1.54, 1.807) is 16.7 Å². The van der Waals surface area contributed by atoms with Crippen LogP contribution in [0, 0.1) is 45.8 Å². The Morgan fingerprint density at radius 3 is 2.42 bits per heavy atom. The summed E-state index contributed by atoms with van der Waals surface area (Å²) in [5.74, 6) is 3.38. The average Bonchev–Trinajstić information content (AvgIpc) is 3.04. The lowest BCUT2D eigenvalue weighted by atomic mass is 9.45. The maximum atomic E-state index is 11.8. The highest BCUT2D eigenvalue weighted by molar-refractivity contribution is 5.57. The molecule has 1 nitrogen and oxygen atoms in total. The molecule has 0 aromatic rings. The lowest BCUT2D eigenvalue weighted by Crippen LogP contribution is -2.51. The second-order valence-electron chi connectivity index (χ2n) is 13.2. The van der Waals surface area contributed by atoms with E-state index in [1.807, 2.05) is 0 Å². The molecule has 0 aliphatic heterocycles. The molecule has 1 saturated carbocycles. The normalized spacial score (nSPS) is 40.1. The van der Waals surface area contributed by atoms with Crippen LogP contribution in [0.3, 0.4) is 0 Å².